The van der Waals surface area contributed by atoms with Crippen LogP contribution in [0.2, 0.25) is 0 Å². The van der Waals surface area contributed by atoms with Gasteiger partial charge in [0.1, 0.15) is 0 Å². The molecule has 0 unspecified atom stereocenters. The topological polar surface area (TPSA) is 0 Å². The van der Waals surface area contributed by atoms with Crippen molar-refractivity contribution in [2.75, 3.05) is 0 Å². The smallest absolute Gasteiger partial charge is 0.0290 e. The van der Waals surface area contributed by atoms with Crippen molar-refractivity contribution in [2.24, 2.45) is 5.92 Å². The molecular formula is C8H16. The molecule has 0 aliphatic heterocycles. The molecule has 0 amide bonds. The second kappa shape index (κ2) is 4.89. The molecule has 0 heterocycles. The van der Waals surface area contributed by atoms with Crippen LogP contribution in [0.15, 0.2) is 12.2 Å². The van der Waals surface area contributed by atoms with Crippen LogP contribution in [0.25, 0.3) is 0 Å². The number of hydrogen-bond acceptors (Lipinski definition) is 0. The van der Waals surface area contributed by atoms with Crippen molar-refractivity contribution in [1.29, 1.82) is 0 Å². The quantitative estimate of drug-likeness (QED) is 0.492. The summed E-state index contributed by atoms with van der Waals surface area (Å²) < 4.78 is 0. The van der Waals surface area contributed by atoms with E-state index in [1.54, 1.807) is 0 Å². The minimum absolute atomic E-state index is 0.724. The van der Waals surface area contributed by atoms with Gasteiger partial charge in [-0.3, -0.25) is 0 Å². The van der Waals surface area contributed by atoms with Gasteiger partial charge in [0.25, 0.3) is 0 Å². The van der Waals surface area contributed by atoms with E-state index in [1.807, 2.05) is 0 Å². The van der Waals surface area contributed by atoms with Crippen LogP contribution >= 0.6 is 0 Å². The summed E-state index contributed by atoms with van der Waals surface area (Å²) in [4.78, 5) is 0. The lowest BCUT2D eigenvalue weighted by atomic mass is 10.2. The van der Waals surface area contributed by atoms with Crippen LogP contribution in [0.4, 0.5) is 0 Å². The van der Waals surface area contributed by atoms with E-state index >= 15 is 0 Å². The maximum Gasteiger partial charge on any atom is -0.0290 e. The van der Waals surface area contributed by atoms with Gasteiger partial charge in [0, 0.05) is 0 Å². The zero-order chi connectivity index (χ0) is 6.41. The minimum Gasteiger partial charge on any atom is -0.0883 e. The third kappa shape index (κ3) is 5.74. The van der Waals surface area contributed by atoms with Gasteiger partial charge in [-0.1, -0.05) is 39.3 Å². The van der Waals surface area contributed by atoms with Crippen LogP contribution < -0.4 is 0 Å². The summed E-state index contributed by atoms with van der Waals surface area (Å²) in [6.07, 6.45) is 7.01. The monoisotopic (exact) mass is 112 g/mol. The van der Waals surface area contributed by atoms with Crippen molar-refractivity contribution >= 4 is 0 Å². The summed E-state index contributed by atoms with van der Waals surface area (Å²) in [5, 5.41) is 0. The van der Waals surface area contributed by atoms with E-state index in [4.69, 9.17) is 0 Å². The highest BCUT2D eigenvalue weighted by Gasteiger charge is 1.80. The first-order chi connectivity index (χ1) is 3.77. The molecule has 0 fully saturated rings. The molecule has 0 aromatic rings. The Balaban J connectivity index is 3.07. The van der Waals surface area contributed by atoms with E-state index in [0.717, 1.165) is 5.92 Å². The van der Waals surface area contributed by atoms with E-state index < -0.39 is 0 Å². The number of unbranched alkanes of at least 4 members (excludes halogenated alkanes) is 1. The maximum atomic E-state index is 2.25. The largest absolute Gasteiger partial charge is 0.0883 e. The lowest BCUT2D eigenvalue weighted by Crippen LogP contribution is -1.75. The van der Waals surface area contributed by atoms with Crippen molar-refractivity contribution in [1.82, 2.24) is 0 Å². The van der Waals surface area contributed by atoms with Gasteiger partial charge in [-0.05, 0) is 12.3 Å². The van der Waals surface area contributed by atoms with Gasteiger partial charge in [-0.2, -0.15) is 0 Å². The molecule has 0 aromatic heterocycles. The summed E-state index contributed by atoms with van der Waals surface area (Å²) in [6.45, 7) is 6.60. The Kier molecular flexibility index (Phi) is 4.73. The molecule has 0 spiro atoms. The van der Waals surface area contributed by atoms with Crippen molar-refractivity contribution in [3.63, 3.8) is 0 Å². The second-order valence-electron chi connectivity index (χ2n) is 2.46. The average molecular weight is 112 g/mol. The van der Waals surface area contributed by atoms with Crippen LogP contribution in [0.1, 0.15) is 33.6 Å². The van der Waals surface area contributed by atoms with Crippen molar-refractivity contribution < 1.29 is 0 Å². The third-order valence-electron chi connectivity index (χ3n) is 0.976. The van der Waals surface area contributed by atoms with Crippen molar-refractivity contribution in [2.45, 2.75) is 33.6 Å². The molecule has 0 saturated heterocycles. The Hall–Kier alpha value is -0.260. The van der Waals surface area contributed by atoms with Gasteiger partial charge in [-0.15, -0.1) is 0 Å². The minimum atomic E-state index is 0.724. The van der Waals surface area contributed by atoms with Gasteiger partial charge < -0.3 is 0 Å². The van der Waals surface area contributed by atoms with Crippen LogP contribution in [0, 0.1) is 5.92 Å². The highest BCUT2D eigenvalue weighted by molar-refractivity contribution is 4.83. The summed E-state index contributed by atoms with van der Waals surface area (Å²) >= 11 is 0. The normalized spacial score (nSPS) is 11.5. The Bertz CT molecular complexity index is 60.4. The molecule has 0 saturated carbocycles. The van der Waals surface area contributed by atoms with Gasteiger partial charge in [0.05, 0.1) is 0 Å². The van der Waals surface area contributed by atoms with Crippen LogP contribution in [-0.2, 0) is 0 Å². The maximum absolute atomic E-state index is 2.25. The standard InChI is InChI=1S/C8H16/c1-4-5-6-7-8(2)3/h6-8H,4-5H2,1-3H3/b7-6-. The van der Waals surface area contributed by atoms with Gasteiger partial charge in [0.2, 0.25) is 0 Å². The summed E-state index contributed by atoms with van der Waals surface area (Å²) in [5.41, 5.74) is 0. The Morgan fingerprint density at radius 3 is 2.38 bits per heavy atom. The first-order valence-electron chi connectivity index (χ1n) is 3.44. The van der Waals surface area contributed by atoms with Gasteiger partial charge in [-0.25, -0.2) is 0 Å². The molecule has 0 atom stereocenters. The summed E-state index contributed by atoms with van der Waals surface area (Å²) in [6, 6.07) is 0. The number of allylic oxidation sites excluding steroid dienone is 2. The lowest BCUT2D eigenvalue weighted by molar-refractivity contribution is 0.819. The van der Waals surface area contributed by atoms with Crippen LogP contribution in [0.3, 0.4) is 0 Å². The summed E-state index contributed by atoms with van der Waals surface area (Å²) in [5.74, 6) is 0.724. The van der Waals surface area contributed by atoms with Gasteiger partial charge in [0.15, 0.2) is 0 Å². The van der Waals surface area contributed by atoms with Crippen molar-refractivity contribution in [3.8, 4) is 0 Å². The highest BCUT2D eigenvalue weighted by atomic mass is 13.9. The molecule has 0 bridgehead atoms. The fourth-order valence-corrected chi connectivity index (χ4v) is 0.535. The molecule has 8 heavy (non-hydrogen) atoms. The highest BCUT2D eigenvalue weighted by Crippen LogP contribution is 1.96. The molecule has 0 aromatic carbocycles. The molecular weight excluding hydrogens is 96.1 g/mol. The fraction of sp³-hybridized carbons (Fsp3) is 0.750. The van der Waals surface area contributed by atoms with E-state index in [9.17, 15) is 0 Å². The van der Waals surface area contributed by atoms with Crippen LogP contribution in [0.5, 0.6) is 0 Å². The molecule has 0 heteroatoms. The number of hydrogen-bond donors (Lipinski definition) is 0. The van der Waals surface area contributed by atoms with E-state index in [2.05, 4.69) is 32.9 Å². The molecule has 0 rings (SSSR count). The van der Waals surface area contributed by atoms with E-state index in [0.29, 0.717) is 0 Å². The zero-order valence-electron chi connectivity index (χ0n) is 6.15. The molecule has 48 valence electrons. The number of rotatable bonds is 3. The van der Waals surface area contributed by atoms with Crippen LogP contribution in [-0.4, -0.2) is 0 Å². The predicted molar refractivity (Wildman–Crippen MR) is 38.9 cm³/mol. The Morgan fingerprint density at radius 1 is 1.38 bits per heavy atom. The molecule has 0 radical (unpaired) electrons. The van der Waals surface area contributed by atoms with Gasteiger partial charge >= 0.3 is 0 Å². The first-order valence-corrected chi connectivity index (χ1v) is 3.44. The van der Waals surface area contributed by atoms with E-state index in [-0.39, 0.29) is 0 Å². The van der Waals surface area contributed by atoms with E-state index in [1.165, 1.54) is 12.8 Å². The SMILES string of the molecule is CCC/C=C\C(C)C. The molecule has 0 nitrogen and oxygen atoms in total. The zero-order valence-corrected chi connectivity index (χ0v) is 6.15. The fourth-order valence-electron chi connectivity index (χ4n) is 0.535. The molecule has 0 aliphatic rings. The average Bonchev–Trinajstić information content (AvgIpc) is 1.66. The first kappa shape index (κ1) is 7.74. The third-order valence-corrected chi connectivity index (χ3v) is 0.976. The molecule has 0 aliphatic carbocycles. The molecule has 0 N–H and O–H groups in total. The second-order valence-corrected chi connectivity index (χ2v) is 2.46. The lowest BCUT2D eigenvalue weighted by Gasteiger charge is -1.90. The predicted octanol–water partition coefficient (Wildman–Crippen LogP) is 3.00. The Labute approximate surface area is 52.6 Å². The Morgan fingerprint density at radius 2 is 2.00 bits per heavy atom. The van der Waals surface area contributed by atoms with Crippen molar-refractivity contribution in [3.05, 3.63) is 12.2 Å². The summed E-state index contributed by atoms with van der Waals surface area (Å²) in [7, 11) is 0.